The van der Waals surface area contributed by atoms with Crippen molar-refractivity contribution in [2.24, 2.45) is 0 Å². The first-order chi connectivity index (χ1) is 12.0. The van der Waals surface area contributed by atoms with Gasteiger partial charge in [-0.15, -0.1) is 0 Å². The fourth-order valence-electron chi connectivity index (χ4n) is 2.81. The molecule has 1 saturated heterocycles. The predicted molar refractivity (Wildman–Crippen MR) is 98.4 cm³/mol. The fraction of sp³-hybridized carbons (Fsp3) is 0.333. The number of benzene rings is 1. The van der Waals surface area contributed by atoms with Gasteiger partial charge in [0.15, 0.2) is 5.76 Å². The number of hydrogen-bond donors (Lipinski definition) is 1. The Labute approximate surface area is 154 Å². The Kier molecular flexibility index (Phi) is 5.55. The topological polar surface area (TPSA) is 65.8 Å². The Morgan fingerprint density at radius 1 is 1.12 bits per heavy atom. The molecule has 3 rings (SSSR count). The molecule has 2 amide bonds. The van der Waals surface area contributed by atoms with Gasteiger partial charge in [-0.3, -0.25) is 14.5 Å². The van der Waals surface area contributed by atoms with Crippen LogP contribution in [0.5, 0.6) is 0 Å². The Balaban J connectivity index is 1.52. The average molecular weight is 406 g/mol. The van der Waals surface area contributed by atoms with Crippen LogP contribution in [0.25, 0.3) is 0 Å². The number of piperazine rings is 1. The number of halogens is 1. The number of anilines is 1. The van der Waals surface area contributed by atoms with Crippen molar-refractivity contribution in [3.05, 3.63) is 52.9 Å². The molecule has 1 fully saturated rings. The normalized spacial score (nSPS) is 16.5. The van der Waals surface area contributed by atoms with Crippen LogP contribution in [0.1, 0.15) is 17.5 Å². The van der Waals surface area contributed by atoms with Crippen molar-refractivity contribution < 1.29 is 14.0 Å². The van der Waals surface area contributed by atoms with E-state index in [2.05, 4.69) is 26.1 Å². The predicted octanol–water partition coefficient (Wildman–Crippen LogP) is 2.83. The summed E-state index contributed by atoms with van der Waals surface area (Å²) in [6, 6.07) is 10.6. The monoisotopic (exact) mass is 405 g/mol. The summed E-state index contributed by atoms with van der Waals surface area (Å²) in [5.74, 6) is 0.208. The molecule has 25 heavy (non-hydrogen) atoms. The summed E-state index contributed by atoms with van der Waals surface area (Å²) in [5, 5.41) is 2.93. The molecule has 1 N–H and O–H groups in total. The smallest absolute Gasteiger partial charge is 0.289 e. The highest BCUT2D eigenvalue weighted by atomic mass is 79.9. The number of hydrogen-bond acceptors (Lipinski definition) is 4. The second-order valence-electron chi connectivity index (χ2n) is 5.98. The molecular weight excluding hydrogens is 386 g/mol. The van der Waals surface area contributed by atoms with E-state index in [9.17, 15) is 9.59 Å². The molecular formula is C18H20BrN3O3. The van der Waals surface area contributed by atoms with E-state index in [-0.39, 0.29) is 17.9 Å². The Hall–Kier alpha value is -2.12. The highest BCUT2D eigenvalue weighted by Crippen LogP contribution is 2.16. The molecule has 1 aliphatic rings. The van der Waals surface area contributed by atoms with Crippen LogP contribution in [0.4, 0.5) is 5.69 Å². The minimum Gasteiger partial charge on any atom is -0.459 e. The molecule has 2 heterocycles. The maximum atomic E-state index is 12.4. The lowest BCUT2D eigenvalue weighted by atomic mass is 10.2. The largest absolute Gasteiger partial charge is 0.459 e. The summed E-state index contributed by atoms with van der Waals surface area (Å²) >= 11 is 3.37. The van der Waals surface area contributed by atoms with Gasteiger partial charge in [-0.05, 0) is 43.3 Å². The van der Waals surface area contributed by atoms with Crippen LogP contribution in [-0.4, -0.2) is 53.8 Å². The minimum absolute atomic E-state index is 0.0480. The van der Waals surface area contributed by atoms with Crippen LogP contribution in [0.2, 0.25) is 0 Å². The molecule has 1 aromatic heterocycles. The third-order valence-electron chi connectivity index (χ3n) is 4.37. The lowest BCUT2D eigenvalue weighted by Crippen LogP contribution is -2.54. The number of nitrogens with zero attached hydrogens (tertiary/aromatic N) is 2. The van der Waals surface area contributed by atoms with Crippen molar-refractivity contribution in [1.29, 1.82) is 0 Å². The molecule has 1 aliphatic heterocycles. The molecule has 7 heteroatoms. The van der Waals surface area contributed by atoms with Crippen LogP contribution in [-0.2, 0) is 4.79 Å². The maximum Gasteiger partial charge on any atom is 0.289 e. The third-order valence-corrected chi connectivity index (χ3v) is 4.90. The first-order valence-corrected chi connectivity index (χ1v) is 8.97. The lowest BCUT2D eigenvalue weighted by Gasteiger charge is -2.37. The SMILES string of the molecule is C[C@H](C(=O)Nc1ccc(Br)cc1)N1CCN(C(=O)c2ccco2)CC1. The van der Waals surface area contributed by atoms with E-state index in [4.69, 9.17) is 4.42 Å². The summed E-state index contributed by atoms with van der Waals surface area (Å²) in [7, 11) is 0. The van der Waals surface area contributed by atoms with E-state index in [1.54, 1.807) is 17.0 Å². The fourth-order valence-corrected chi connectivity index (χ4v) is 3.08. The summed E-state index contributed by atoms with van der Waals surface area (Å²) in [4.78, 5) is 28.6. The lowest BCUT2D eigenvalue weighted by molar-refractivity contribution is -0.121. The molecule has 0 bridgehead atoms. The van der Waals surface area contributed by atoms with Crippen LogP contribution < -0.4 is 5.32 Å². The van der Waals surface area contributed by atoms with Crippen LogP contribution >= 0.6 is 15.9 Å². The molecule has 0 saturated carbocycles. The summed E-state index contributed by atoms with van der Waals surface area (Å²) in [6.45, 7) is 4.35. The maximum absolute atomic E-state index is 12.4. The Morgan fingerprint density at radius 2 is 1.80 bits per heavy atom. The van der Waals surface area contributed by atoms with Crippen molar-refractivity contribution in [2.45, 2.75) is 13.0 Å². The molecule has 0 spiro atoms. The zero-order chi connectivity index (χ0) is 17.8. The summed E-state index contributed by atoms with van der Waals surface area (Å²) < 4.78 is 6.13. The van der Waals surface area contributed by atoms with E-state index in [0.717, 1.165) is 10.2 Å². The molecule has 1 atom stereocenters. The van der Waals surface area contributed by atoms with Crippen molar-refractivity contribution in [3.63, 3.8) is 0 Å². The number of amides is 2. The van der Waals surface area contributed by atoms with Gasteiger partial charge in [0.05, 0.1) is 12.3 Å². The van der Waals surface area contributed by atoms with Crippen LogP contribution in [0.3, 0.4) is 0 Å². The first-order valence-electron chi connectivity index (χ1n) is 8.18. The molecule has 0 radical (unpaired) electrons. The number of nitrogens with one attached hydrogen (secondary N) is 1. The van der Waals surface area contributed by atoms with Gasteiger partial charge in [0.1, 0.15) is 0 Å². The van der Waals surface area contributed by atoms with Crippen LogP contribution in [0, 0.1) is 0 Å². The number of carbonyl (C=O) groups is 2. The summed E-state index contributed by atoms with van der Waals surface area (Å²) in [5.41, 5.74) is 0.770. The molecule has 132 valence electrons. The van der Waals surface area contributed by atoms with Crippen molar-refractivity contribution in [1.82, 2.24) is 9.80 Å². The zero-order valence-corrected chi connectivity index (χ0v) is 15.5. The molecule has 6 nitrogen and oxygen atoms in total. The molecule has 0 aliphatic carbocycles. The van der Waals surface area contributed by atoms with E-state index in [0.29, 0.717) is 31.9 Å². The zero-order valence-electron chi connectivity index (χ0n) is 13.9. The Morgan fingerprint density at radius 3 is 2.40 bits per heavy atom. The van der Waals surface area contributed by atoms with Crippen molar-refractivity contribution in [3.8, 4) is 0 Å². The quantitative estimate of drug-likeness (QED) is 0.848. The van der Waals surface area contributed by atoms with E-state index >= 15 is 0 Å². The number of rotatable bonds is 4. The van der Waals surface area contributed by atoms with Gasteiger partial charge < -0.3 is 14.6 Å². The van der Waals surface area contributed by atoms with Gasteiger partial charge in [-0.1, -0.05) is 15.9 Å². The van der Waals surface area contributed by atoms with Crippen LogP contribution in [0.15, 0.2) is 51.6 Å². The average Bonchev–Trinajstić information content (AvgIpc) is 3.17. The molecule has 2 aromatic rings. The standard InChI is InChI=1S/C18H20BrN3O3/c1-13(17(23)20-15-6-4-14(19)5-7-15)21-8-10-22(11-9-21)18(24)16-3-2-12-25-16/h2-7,12-13H,8-11H2,1H3,(H,20,23)/t13-/m1/s1. The van der Waals surface area contributed by atoms with E-state index in [1.165, 1.54) is 6.26 Å². The molecule has 0 unspecified atom stereocenters. The van der Waals surface area contributed by atoms with Crippen molar-refractivity contribution in [2.75, 3.05) is 31.5 Å². The van der Waals surface area contributed by atoms with E-state index < -0.39 is 0 Å². The first kappa shape index (κ1) is 17.7. The second kappa shape index (κ2) is 7.84. The second-order valence-corrected chi connectivity index (χ2v) is 6.89. The number of carbonyl (C=O) groups excluding carboxylic acids is 2. The Bertz CT molecular complexity index is 723. The summed E-state index contributed by atoms with van der Waals surface area (Å²) in [6.07, 6.45) is 1.50. The van der Waals surface area contributed by atoms with Crippen molar-refractivity contribution >= 4 is 33.4 Å². The van der Waals surface area contributed by atoms with Gasteiger partial charge in [-0.25, -0.2) is 0 Å². The van der Waals surface area contributed by atoms with Gasteiger partial charge >= 0.3 is 0 Å². The van der Waals surface area contributed by atoms with Gasteiger partial charge in [0.25, 0.3) is 5.91 Å². The van der Waals surface area contributed by atoms with Gasteiger partial charge in [0.2, 0.25) is 5.91 Å². The van der Waals surface area contributed by atoms with E-state index in [1.807, 2.05) is 31.2 Å². The highest BCUT2D eigenvalue weighted by molar-refractivity contribution is 9.10. The third kappa shape index (κ3) is 4.29. The number of furan rings is 1. The van der Waals surface area contributed by atoms with Gasteiger partial charge in [-0.2, -0.15) is 0 Å². The van der Waals surface area contributed by atoms with Gasteiger partial charge in [0, 0.05) is 36.3 Å². The highest BCUT2D eigenvalue weighted by Gasteiger charge is 2.28. The minimum atomic E-state index is -0.260. The molecule has 1 aromatic carbocycles.